The summed E-state index contributed by atoms with van der Waals surface area (Å²) in [6.07, 6.45) is 0.227. The van der Waals surface area contributed by atoms with Crippen LogP contribution in [0.15, 0.2) is 60.7 Å². The lowest BCUT2D eigenvalue weighted by Gasteiger charge is -2.10. The lowest BCUT2D eigenvalue weighted by molar-refractivity contribution is -0.123. The Kier molecular flexibility index (Phi) is 5.54. The lowest BCUT2D eigenvalue weighted by atomic mass is 10.0. The molecule has 132 valence electrons. The van der Waals surface area contributed by atoms with Gasteiger partial charge >= 0.3 is 0 Å². The molecule has 0 aliphatic carbocycles. The molecule has 0 saturated carbocycles. The Balaban J connectivity index is 1.58. The van der Waals surface area contributed by atoms with Crippen molar-refractivity contribution in [3.05, 3.63) is 76.8 Å². The van der Waals surface area contributed by atoms with Crippen LogP contribution in [0.1, 0.15) is 11.1 Å². The van der Waals surface area contributed by atoms with Gasteiger partial charge in [0.25, 0.3) is 0 Å². The van der Waals surface area contributed by atoms with Gasteiger partial charge in [-0.05, 0) is 41.0 Å². The van der Waals surface area contributed by atoms with E-state index in [1.54, 1.807) is 12.1 Å². The number of carbonyl (C=O) groups is 2. The zero-order valence-corrected chi connectivity index (χ0v) is 15.1. The number of carbonyl (C=O) groups excluding carboxylic acids is 2. The second-order valence-corrected chi connectivity index (χ2v) is 6.54. The molecule has 0 aromatic heterocycles. The highest BCUT2D eigenvalue weighted by atomic mass is 35.5. The summed E-state index contributed by atoms with van der Waals surface area (Å²) in [6, 6.07) is 19.1. The maximum Gasteiger partial charge on any atom is 0.243 e. The fourth-order valence-electron chi connectivity index (χ4n) is 2.78. The summed E-state index contributed by atoms with van der Waals surface area (Å²) in [6.45, 7) is 1.79. The number of fused-ring (bicyclic) bond motifs is 1. The summed E-state index contributed by atoms with van der Waals surface area (Å²) in [5.41, 5.74) is 2.49. The Bertz CT molecular complexity index is 964. The third kappa shape index (κ3) is 4.41. The van der Waals surface area contributed by atoms with Crippen LogP contribution >= 0.6 is 11.6 Å². The van der Waals surface area contributed by atoms with Crippen molar-refractivity contribution in [2.24, 2.45) is 0 Å². The monoisotopic (exact) mass is 366 g/mol. The van der Waals surface area contributed by atoms with Crippen molar-refractivity contribution in [1.82, 2.24) is 5.32 Å². The summed E-state index contributed by atoms with van der Waals surface area (Å²) < 4.78 is 0. The van der Waals surface area contributed by atoms with E-state index in [1.165, 1.54) is 0 Å². The van der Waals surface area contributed by atoms with Gasteiger partial charge in [-0.15, -0.1) is 0 Å². The molecule has 0 saturated heterocycles. The smallest absolute Gasteiger partial charge is 0.243 e. The first-order valence-electron chi connectivity index (χ1n) is 8.32. The quantitative estimate of drug-likeness (QED) is 0.714. The van der Waals surface area contributed by atoms with Gasteiger partial charge in [0.2, 0.25) is 11.8 Å². The van der Waals surface area contributed by atoms with Crippen molar-refractivity contribution >= 4 is 39.9 Å². The summed E-state index contributed by atoms with van der Waals surface area (Å²) in [4.78, 5) is 24.3. The lowest BCUT2D eigenvalue weighted by Crippen LogP contribution is -2.33. The largest absolute Gasteiger partial charge is 0.347 e. The van der Waals surface area contributed by atoms with E-state index < -0.39 is 0 Å². The molecule has 5 heteroatoms. The molecule has 0 unspecified atom stereocenters. The Hall–Kier alpha value is -2.85. The van der Waals surface area contributed by atoms with Gasteiger partial charge in [0.1, 0.15) is 0 Å². The molecule has 0 spiro atoms. The third-order valence-electron chi connectivity index (χ3n) is 4.15. The molecular formula is C21H19ClN2O2. The average Bonchev–Trinajstić information content (AvgIpc) is 2.63. The molecule has 0 heterocycles. The molecule has 0 bridgehead atoms. The highest BCUT2D eigenvalue weighted by molar-refractivity contribution is 6.31. The number of aryl methyl sites for hydroxylation is 1. The van der Waals surface area contributed by atoms with Gasteiger partial charge in [0.05, 0.1) is 13.0 Å². The van der Waals surface area contributed by atoms with Crippen LogP contribution in [0.4, 0.5) is 5.69 Å². The van der Waals surface area contributed by atoms with Crippen LogP contribution < -0.4 is 10.6 Å². The topological polar surface area (TPSA) is 58.2 Å². The molecule has 3 aromatic rings. The van der Waals surface area contributed by atoms with Gasteiger partial charge in [-0.2, -0.15) is 0 Å². The Labute approximate surface area is 157 Å². The average molecular weight is 367 g/mol. The summed E-state index contributed by atoms with van der Waals surface area (Å²) >= 11 is 5.94. The molecule has 3 rings (SSSR count). The van der Waals surface area contributed by atoms with E-state index in [9.17, 15) is 9.59 Å². The first-order chi connectivity index (χ1) is 12.5. The molecular weight excluding hydrogens is 348 g/mol. The van der Waals surface area contributed by atoms with Gasteiger partial charge in [-0.25, -0.2) is 0 Å². The molecule has 3 aromatic carbocycles. The van der Waals surface area contributed by atoms with Crippen molar-refractivity contribution in [1.29, 1.82) is 0 Å². The predicted octanol–water partition coefficient (Wildman–Crippen LogP) is 4.10. The van der Waals surface area contributed by atoms with Crippen LogP contribution in [-0.4, -0.2) is 18.4 Å². The van der Waals surface area contributed by atoms with Gasteiger partial charge in [0, 0.05) is 10.7 Å². The number of rotatable bonds is 5. The van der Waals surface area contributed by atoms with Crippen molar-refractivity contribution in [2.45, 2.75) is 13.3 Å². The molecule has 26 heavy (non-hydrogen) atoms. The summed E-state index contributed by atoms with van der Waals surface area (Å²) in [5, 5.41) is 8.11. The Morgan fingerprint density at radius 1 is 0.962 bits per heavy atom. The number of amides is 2. The van der Waals surface area contributed by atoms with E-state index in [1.807, 2.05) is 55.5 Å². The van der Waals surface area contributed by atoms with Crippen molar-refractivity contribution in [3.63, 3.8) is 0 Å². The Morgan fingerprint density at radius 3 is 2.58 bits per heavy atom. The highest BCUT2D eigenvalue weighted by Crippen LogP contribution is 2.20. The van der Waals surface area contributed by atoms with Crippen LogP contribution in [0, 0.1) is 6.92 Å². The van der Waals surface area contributed by atoms with E-state index in [-0.39, 0.29) is 24.8 Å². The summed E-state index contributed by atoms with van der Waals surface area (Å²) in [7, 11) is 0. The van der Waals surface area contributed by atoms with Gasteiger partial charge in [0.15, 0.2) is 0 Å². The number of halogens is 1. The summed E-state index contributed by atoms with van der Waals surface area (Å²) in [5.74, 6) is -0.485. The molecule has 0 aliphatic heterocycles. The molecule has 4 nitrogen and oxygen atoms in total. The van der Waals surface area contributed by atoms with Crippen molar-refractivity contribution < 1.29 is 9.59 Å². The second-order valence-electron chi connectivity index (χ2n) is 6.10. The standard InChI is InChI=1S/C21H19ClN2O2/c1-14-9-10-17(22)12-19(14)24-21(26)13-23-20(25)11-16-7-4-6-15-5-2-3-8-18(15)16/h2-10,12H,11,13H2,1H3,(H,23,25)(H,24,26). The van der Waals surface area contributed by atoms with Crippen LogP contribution in [0.5, 0.6) is 0 Å². The van der Waals surface area contributed by atoms with Gasteiger partial charge in [-0.3, -0.25) is 9.59 Å². The number of anilines is 1. The molecule has 2 amide bonds. The number of hydrogen-bond donors (Lipinski definition) is 2. The van der Waals surface area contributed by atoms with E-state index in [0.717, 1.165) is 21.9 Å². The number of nitrogens with one attached hydrogen (secondary N) is 2. The minimum atomic E-state index is -0.290. The van der Waals surface area contributed by atoms with E-state index in [0.29, 0.717) is 10.7 Å². The van der Waals surface area contributed by atoms with Crippen LogP contribution in [-0.2, 0) is 16.0 Å². The van der Waals surface area contributed by atoms with Gasteiger partial charge in [-0.1, -0.05) is 60.1 Å². The first-order valence-corrected chi connectivity index (χ1v) is 8.70. The van der Waals surface area contributed by atoms with E-state index in [2.05, 4.69) is 10.6 Å². The molecule has 0 aliphatic rings. The third-order valence-corrected chi connectivity index (χ3v) is 4.39. The first kappa shape index (κ1) is 18.0. The van der Waals surface area contributed by atoms with Crippen molar-refractivity contribution in [3.8, 4) is 0 Å². The van der Waals surface area contributed by atoms with E-state index in [4.69, 9.17) is 11.6 Å². The van der Waals surface area contributed by atoms with E-state index >= 15 is 0 Å². The Morgan fingerprint density at radius 2 is 1.73 bits per heavy atom. The number of hydrogen-bond acceptors (Lipinski definition) is 2. The zero-order chi connectivity index (χ0) is 18.5. The SMILES string of the molecule is Cc1ccc(Cl)cc1NC(=O)CNC(=O)Cc1cccc2ccccc12. The molecule has 0 fully saturated rings. The maximum absolute atomic E-state index is 12.2. The molecule has 0 radical (unpaired) electrons. The normalized spacial score (nSPS) is 10.5. The zero-order valence-electron chi connectivity index (χ0n) is 14.4. The number of benzene rings is 3. The molecule has 0 atom stereocenters. The highest BCUT2D eigenvalue weighted by Gasteiger charge is 2.10. The van der Waals surface area contributed by atoms with Crippen LogP contribution in [0.3, 0.4) is 0 Å². The maximum atomic E-state index is 12.2. The van der Waals surface area contributed by atoms with Crippen LogP contribution in [0.2, 0.25) is 5.02 Å². The molecule has 2 N–H and O–H groups in total. The predicted molar refractivity (Wildman–Crippen MR) is 105 cm³/mol. The minimum Gasteiger partial charge on any atom is -0.347 e. The van der Waals surface area contributed by atoms with Crippen molar-refractivity contribution in [2.75, 3.05) is 11.9 Å². The second kappa shape index (κ2) is 8.02. The van der Waals surface area contributed by atoms with Gasteiger partial charge < -0.3 is 10.6 Å². The van der Waals surface area contributed by atoms with Crippen LogP contribution in [0.25, 0.3) is 10.8 Å². The fourth-order valence-corrected chi connectivity index (χ4v) is 2.96. The minimum absolute atomic E-state index is 0.0877. The fraction of sp³-hybridized carbons (Fsp3) is 0.143.